The van der Waals surface area contributed by atoms with Crippen LogP contribution in [0.15, 0.2) is 39.3 Å². The van der Waals surface area contributed by atoms with Crippen molar-refractivity contribution < 1.29 is 4.79 Å². The van der Waals surface area contributed by atoms with E-state index >= 15 is 0 Å². The molecule has 21 heavy (non-hydrogen) atoms. The van der Waals surface area contributed by atoms with Gasteiger partial charge < -0.3 is 16.4 Å². The fraction of sp³-hybridized carbons (Fsp3) is 0.133. The Morgan fingerprint density at radius 1 is 1.10 bits per heavy atom. The number of fused-ring (bicyclic) bond motifs is 1. The van der Waals surface area contributed by atoms with Gasteiger partial charge in [0.2, 0.25) is 5.91 Å². The molecule has 1 amide bonds. The molecular weight excluding hydrogens is 398 g/mol. The summed E-state index contributed by atoms with van der Waals surface area (Å²) in [5, 5.41) is 6.17. The lowest BCUT2D eigenvalue weighted by Gasteiger charge is -2.20. The largest absolute Gasteiger partial charge is 0.397 e. The van der Waals surface area contributed by atoms with Crippen LogP contribution in [0, 0.1) is 0 Å². The predicted octanol–water partition coefficient (Wildman–Crippen LogP) is 4.42. The number of carbonyl (C=O) groups excluding carboxylic acids is 1. The lowest BCUT2D eigenvalue weighted by molar-refractivity contribution is -0.116. The Morgan fingerprint density at radius 2 is 1.90 bits per heavy atom. The second kappa shape index (κ2) is 5.69. The Labute approximate surface area is 139 Å². The van der Waals surface area contributed by atoms with Crippen molar-refractivity contribution in [2.24, 2.45) is 0 Å². The number of nitrogen functional groups attached to an aromatic ring is 1. The molecule has 0 aliphatic carbocycles. The first-order chi connectivity index (χ1) is 10.0. The zero-order chi connectivity index (χ0) is 15.0. The average Bonchev–Trinajstić information content (AvgIpc) is 2.42. The number of hydrogen-bond acceptors (Lipinski definition) is 3. The molecule has 1 aliphatic heterocycles. The first-order valence-electron chi connectivity index (χ1n) is 6.47. The Bertz CT molecular complexity index is 731. The highest BCUT2D eigenvalue weighted by Crippen LogP contribution is 2.35. The van der Waals surface area contributed by atoms with E-state index in [0.29, 0.717) is 12.1 Å². The van der Waals surface area contributed by atoms with E-state index in [1.807, 2.05) is 30.3 Å². The maximum Gasteiger partial charge on any atom is 0.224 e. The molecule has 2 aromatic rings. The molecule has 0 unspecified atom stereocenters. The normalized spacial score (nSPS) is 13.5. The topological polar surface area (TPSA) is 67.1 Å². The number of nitrogens with one attached hydrogen (secondary N) is 2. The zero-order valence-electron chi connectivity index (χ0n) is 11.0. The summed E-state index contributed by atoms with van der Waals surface area (Å²) in [4.78, 5) is 11.4. The lowest BCUT2D eigenvalue weighted by atomic mass is 10.0. The molecule has 6 heteroatoms. The summed E-state index contributed by atoms with van der Waals surface area (Å²) >= 11 is 6.95. The Balaban J connectivity index is 1.94. The molecular formula is C15H13Br2N3O. The minimum atomic E-state index is 0.0401. The van der Waals surface area contributed by atoms with Crippen molar-refractivity contribution in [3.63, 3.8) is 0 Å². The third-order valence-electron chi connectivity index (χ3n) is 3.37. The number of hydrogen-bond donors (Lipinski definition) is 3. The molecule has 0 atom stereocenters. The Kier molecular flexibility index (Phi) is 3.91. The first-order valence-corrected chi connectivity index (χ1v) is 8.06. The van der Waals surface area contributed by atoms with E-state index in [4.69, 9.17) is 5.73 Å². The van der Waals surface area contributed by atoms with E-state index in [-0.39, 0.29) is 5.91 Å². The van der Waals surface area contributed by atoms with Crippen LogP contribution in [-0.4, -0.2) is 5.91 Å². The lowest BCUT2D eigenvalue weighted by Crippen LogP contribution is -2.19. The quantitative estimate of drug-likeness (QED) is 0.642. The van der Waals surface area contributed by atoms with Crippen LogP contribution in [-0.2, 0) is 11.2 Å². The van der Waals surface area contributed by atoms with Gasteiger partial charge in [0.15, 0.2) is 0 Å². The molecule has 0 saturated carbocycles. The van der Waals surface area contributed by atoms with Gasteiger partial charge in [-0.2, -0.15) is 0 Å². The molecule has 3 rings (SSSR count). The standard InChI is InChI=1S/C15H13Br2N3O/c16-9-2-3-12(10(17)6-9)19-14-5-8-1-4-15(21)20-13(8)7-11(14)18/h2-3,5-7,19H,1,4,18H2,(H,20,21). The predicted molar refractivity (Wildman–Crippen MR) is 92.9 cm³/mol. The number of nitrogens with two attached hydrogens (primary N) is 1. The van der Waals surface area contributed by atoms with E-state index in [2.05, 4.69) is 42.5 Å². The van der Waals surface area contributed by atoms with Gasteiger partial charge in [0, 0.05) is 21.1 Å². The van der Waals surface area contributed by atoms with Crippen LogP contribution in [0.3, 0.4) is 0 Å². The van der Waals surface area contributed by atoms with Gasteiger partial charge in [-0.05, 0) is 58.2 Å². The summed E-state index contributed by atoms with van der Waals surface area (Å²) < 4.78 is 1.95. The number of aryl methyl sites for hydroxylation is 1. The summed E-state index contributed by atoms with van der Waals surface area (Å²) in [5.74, 6) is 0.0401. The third-order valence-corrected chi connectivity index (χ3v) is 4.52. The molecule has 108 valence electrons. The van der Waals surface area contributed by atoms with Crippen LogP contribution in [0.5, 0.6) is 0 Å². The molecule has 0 spiro atoms. The number of benzene rings is 2. The average molecular weight is 411 g/mol. The van der Waals surface area contributed by atoms with E-state index < -0.39 is 0 Å². The van der Waals surface area contributed by atoms with E-state index in [1.165, 1.54) is 0 Å². The van der Waals surface area contributed by atoms with Gasteiger partial charge >= 0.3 is 0 Å². The highest BCUT2D eigenvalue weighted by Gasteiger charge is 2.17. The van der Waals surface area contributed by atoms with Crippen LogP contribution in [0.2, 0.25) is 0 Å². The highest BCUT2D eigenvalue weighted by molar-refractivity contribution is 9.11. The van der Waals surface area contributed by atoms with Crippen LogP contribution < -0.4 is 16.4 Å². The molecule has 2 aromatic carbocycles. The summed E-state index contributed by atoms with van der Waals surface area (Å²) in [6.07, 6.45) is 1.25. The second-order valence-corrected chi connectivity index (χ2v) is 6.66. The van der Waals surface area contributed by atoms with E-state index in [9.17, 15) is 4.79 Å². The molecule has 4 nitrogen and oxygen atoms in total. The number of amides is 1. The van der Waals surface area contributed by atoms with Crippen LogP contribution >= 0.6 is 31.9 Å². The zero-order valence-corrected chi connectivity index (χ0v) is 14.2. The monoisotopic (exact) mass is 409 g/mol. The number of anilines is 4. The number of rotatable bonds is 2. The molecule has 0 bridgehead atoms. The molecule has 0 radical (unpaired) electrons. The second-order valence-electron chi connectivity index (χ2n) is 4.89. The minimum absolute atomic E-state index is 0.0401. The molecule has 4 N–H and O–H groups in total. The first kappa shape index (κ1) is 14.4. The van der Waals surface area contributed by atoms with Gasteiger partial charge in [0.1, 0.15) is 0 Å². The minimum Gasteiger partial charge on any atom is -0.397 e. The fourth-order valence-corrected chi connectivity index (χ4v) is 3.44. The third kappa shape index (κ3) is 3.06. The Hall–Kier alpha value is -1.53. The van der Waals surface area contributed by atoms with Crippen molar-refractivity contribution in [2.45, 2.75) is 12.8 Å². The number of carbonyl (C=O) groups is 1. The Morgan fingerprint density at radius 3 is 2.67 bits per heavy atom. The van der Waals surface area contributed by atoms with Crippen molar-refractivity contribution in [1.29, 1.82) is 0 Å². The molecule has 0 fully saturated rings. The van der Waals surface area contributed by atoms with Gasteiger partial charge in [-0.25, -0.2) is 0 Å². The highest BCUT2D eigenvalue weighted by atomic mass is 79.9. The summed E-state index contributed by atoms with van der Waals surface area (Å²) in [6, 6.07) is 9.70. The summed E-state index contributed by atoms with van der Waals surface area (Å²) in [7, 11) is 0. The van der Waals surface area contributed by atoms with Gasteiger partial charge in [0.25, 0.3) is 0 Å². The molecule has 0 saturated heterocycles. The van der Waals surface area contributed by atoms with Crippen LogP contribution in [0.25, 0.3) is 0 Å². The van der Waals surface area contributed by atoms with Gasteiger partial charge in [0.05, 0.1) is 17.1 Å². The maximum absolute atomic E-state index is 11.4. The smallest absolute Gasteiger partial charge is 0.224 e. The van der Waals surface area contributed by atoms with Crippen molar-refractivity contribution >= 4 is 60.5 Å². The van der Waals surface area contributed by atoms with Gasteiger partial charge in [-0.3, -0.25) is 4.79 Å². The fourth-order valence-electron chi connectivity index (χ4n) is 2.29. The van der Waals surface area contributed by atoms with Crippen molar-refractivity contribution in [2.75, 3.05) is 16.4 Å². The summed E-state index contributed by atoms with van der Waals surface area (Å²) in [5.41, 5.74) is 10.4. The van der Waals surface area contributed by atoms with Gasteiger partial charge in [-0.1, -0.05) is 15.9 Å². The van der Waals surface area contributed by atoms with Crippen molar-refractivity contribution in [3.8, 4) is 0 Å². The van der Waals surface area contributed by atoms with Crippen LogP contribution in [0.4, 0.5) is 22.7 Å². The maximum atomic E-state index is 11.4. The van der Waals surface area contributed by atoms with Crippen LogP contribution in [0.1, 0.15) is 12.0 Å². The molecule has 0 aromatic heterocycles. The summed E-state index contributed by atoms with van der Waals surface area (Å²) in [6.45, 7) is 0. The number of halogens is 2. The van der Waals surface area contributed by atoms with E-state index in [0.717, 1.165) is 38.0 Å². The van der Waals surface area contributed by atoms with Crippen molar-refractivity contribution in [1.82, 2.24) is 0 Å². The van der Waals surface area contributed by atoms with E-state index in [1.54, 1.807) is 0 Å². The SMILES string of the molecule is Nc1cc2c(cc1Nc1ccc(Br)cc1Br)CCC(=O)N2. The molecule has 1 aliphatic rings. The van der Waals surface area contributed by atoms with Crippen molar-refractivity contribution in [3.05, 3.63) is 44.8 Å². The van der Waals surface area contributed by atoms with Gasteiger partial charge in [-0.15, -0.1) is 0 Å². The molecule has 1 heterocycles.